The Labute approximate surface area is 147 Å². The lowest BCUT2D eigenvalue weighted by molar-refractivity contribution is 0.153. The minimum Gasteiger partial charge on any atom is -0.380 e. The Morgan fingerprint density at radius 3 is 2.36 bits per heavy atom. The number of aromatic nitrogens is 1. The zero-order valence-electron chi connectivity index (χ0n) is 13.5. The molecule has 136 valence electrons. The maximum Gasteiger partial charge on any atom is 0.263 e. The largest absolute Gasteiger partial charge is 0.380 e. The summed E-state index contributed by atoms with van der Waals surface area (Å²) in [4.78, 5) is 3.56. The topological polar surface area (TPSA) is 114 Å². The van der Waals surface area contributed by atoms with Crippen molar-refractivity contribution in [3.8, 4) is 0 Å². The van der Waals surface area contributed by atoms with E-state index in [2.05, 4.69) is 14.4 Å². The molecule has 0 aliphatic rings. The van der Waals surface area contributed by atoms with Crippen LogP contribution < -0.4 is 9.44 Å². The first kappa shape index (κ1) is 19.3. The van der Waals surface area contributed by atoms with Crippen LogP contribution in [0.3, 0.4) is 0 Å². The van der Waals surface area contributed by atoms with E-state index in [1.807, 2.05) is 0 Å². The van der Waals surface area contributed by atoms with E-state index >= 15 is 0 Å². The summed E-state index contributed by atoms with van der Waals surface area (Å²) in [6.45, 7) is 2.61. The van der Waals surface area contributed by atoms with Crippen LogP contribution in [0, 0.1) is 0 Å². The van der Waals surface area contributed by atoms with Crippen molar-refractivity contribution < 1.29 is 21.6 Å². The van der Waals surface area contributed by atoms with Crippen LogP contribution in [0.2, 0.25) is 0 Å². The Balaban J connectivity index is 2.20. The summed E-state index contributed by atoms with van der Waals surface area (Å²) < 4.78 is 59.0. The highest BCUT2D eigenvalue weighted by Gasteiger charge is 2.19. The van der Waals surface area contributed by atoms with Crippen LogP contribution >= 0.6 is 0 Å². The molecule has 2 rings (SSSR count). The fourth-order valence-electron chi connectivity index (χ4n) is 1.90. The number of pyridine rings is 1. The molecule has 0 saturated heterocycles. The van der Waals surface area contributed by atoms with E-state index in [9.17, 15) is 16.8 Å². The molecule has 0 fully saturated rings. The van der Waals surface area contributed by atoms with Crippen LogP contribution in [0.15, 0.2) is 58.5 Å². The van der Waals surface area contributed by atoms with Crippen molar-refractivity contribution in [1.29, 1.82) is 0 Å². The van der Waals surface area contributed by atoms with Crippen LogP contribution in [0.4, 0.5) is 5.82 Å². The fraction of sp³-hybridized carbons (Fsp3) is 0.267. The first-order valence-electron chi connectivity index (χ1n) is 7.46. The Morgan fingerprint density at radius 2 is 1.72 bits per heavy atom. The molecule has 0 spiro atoms. The number of nitrogens with one attached hydrogen (secondary N) is 2. The zero-order valence-corrected chi connectivity index (χ0v) is 15.2. The van der Waals surface area contributed by atoms with Gasteiger partial charge in [-0.25, -0.2) is 26.5 Å². The van der Waals surface area contributed by atoms with E-state index in [0.29, 0.717) is 6.61 Å². The maximum atomic E-state index is 12.4. The number of hydrogen-bond acceptors (Lipinski definition) is 6. The van der Waals surface area contributed by atoms with Gasteiger partial charge in [-0.15, -0.1) is 0 Å². The molecule has 2 N–H and O–H groups in total. The van der Waals surface area contributed by atoms with Crippen LogP contribution in [0.25, 0.3) is 0 Å². The third-order valence-electron chi connectivity index (χ3n) is 3.07. The second-order valence-corrected chi connectivity index (χ2v) is 8.34. The molecule has 1 aromatic heterocycles. The van der Waals surface area contributed by atoms with Crippen molar-refractivity contribution in [2.45, 2.75) is 16.7 Å². The molecule has 8 nitrogen and oxygen atoms in total. The highest BCUT2D eigenvalue weighted by atomic mass is 32.2. The minimum absolute atomic E-state index is 0.0966. The lowest BCUT2D eigenvalue weighted by Crippen LogP contribution is -2.27. The van der Waals surface area contributed by atoms with Gasteiger partial charge in [-0.05, 0) is 37.3 Å². The van der Waals surface area contributed by atoms with Crippen molar-refractivity contribution in [3.05, 3.63) is 48.7 Å². The molecular formula is C15H19N3O5S2. The van der Waals surface area contributed by atoms with Gasteiger partial charge in [0.2, 0.25) is 10.0 Å². The number of ether oxygens (including phenoxy) is 1. The van der Waals surface area contributed by atoms with E-state index in [1.165, 1.54) is 30.5 Å². The SMILES string of the molecule is CCOCCNS(=O)(=O)c1cccc(S(=O)(=O)Nc2ccccn2)c1. The first-order valence-corrected chi connectivity index (χ1v) is 10.4. The molecule has 0 atom stereocenters. The van der Waals surface area contributed by atoms with Gasteiger partial charge < -0.3 is 4.74 Å². The minimum atomic E-state index is -3.95. The standard InChI is InChI=1S/C15H19N3O5S2/c1-2-23-11-10-17-24(19,20)13-6-5-7-14(12-13)25(21,22)18-15-8-3-4-9-16-15/h3-9,12,17H,2,10-11H2,1H3,(H,16,18). The van der Waals surface area contributed by atoms with Gasteiger partial charge in [0.1, 0.15) is 5.82 Å². The summed E-state index contributed by atoms with van der Waals surface area (Å²) in [5.74, 6) is 0.144. The van der Waals surface area contributed by atoms with Crippen molar-refractivity contribution >= 4 is 25.9 Å². The van der Waals surface area contributed by atoms with E-state index in [4.69, 9.17) is 4.74 Å². The van der Waals surface area contributed by atoms with Gasteiger partial charge in [0.05, 0.1) is 16.4 Å². The fourth-order valence-corrected chi connectivity index (χ4v) is 4.09. The predicted octanol–water partition coefficient (Wildman–Crippen LogP) is 1.20. The Kier molecular flexibility index (Phi) is 6.48. The first-order chi connectivity index (χ1) is 11.8. The predicted molar refractivity (Wildman–Crippen MR) is 93.2 cm³/mol. The van der Waals surface area contributed by atoms with Gasteiger partial charge in [0.15, 0.2) is 0 Å². The van der Waals surface area contributed by atoms with Crippen LogP contribution in [0.1, 0.15) is 6.92 Å². The molecule has 10 heteroatoms. The molecule has 0 aliphatic carbocycles. The van der Waals surface area contributed by atoms with Crippen LogP contribution in [-0.2, 0) is 24.8 Å². The van der Waals surface area contributed by atoms with Crippen molar-refractivity contribution in [2.24, 2.45) is 0 Å². The zero-order chi connectivity index (χ0) is 18.3. The number of anilines is 1. The third kappa shape index (κ3) is 5.49. The maximum absolute atomic E-state index is 12.4. The molecule has 1 heterocycles. The lowest BCUT2D eigenvalue weighted by atomic mass is 10.4. The highest BCUT2D eigenvalue weighted by Crippen LogP contribution is 2.18. The summed E-state index contributed by atoms with van der Waals surface area (Å²) in [6.07, 6.45) is 1.45. The molecular weight excluding hydrogens is 366 g/mol. The summed E-state index contributed by atoms with van der Waals surface area (Å²) in [7, 11) is -7.79. The van der Waals surface area contributed by atoms with Gasteiger partial charge in [0.25, 0.3) is 10.0 Å². The normalized spacial score (nSPS) is 12.0. The van der Waals surface area contributed by atoms with Crippen molar-refractivity contribution in [1.82, 2.24) is 9.71 Å². The Hall–Kier alpha value is -2.01. The monoisotopic (exact) mass is 385 g/mol. The molecule has 0 radical (unpaired) electrons. The van der Waals surface area contributed by atoms with Crippen molar-refractivity contribution in [3.63, 3.8) is 0 Å². The number of rotatable bonds is 9. The molecule has 0 saturated carbocycles. The molecule has 25 heavy (non-hydrogen) atoms. The summed E-state index contributed by atoms with van der Waals surface area (Å²) >= 11 is 0. The highest BCUT2D eigenvalue weighted by molar-refractivity contribution is 7.93. The molecule has 2 aromatic rings. The molecule has 0 aliphatic heterocycles. The summed E-state index contributed by atoms with van der Waals surface area (Å²) in [6, 6.07) is 9.87. The van der Waals surface area contributed by atoms with Gasteiger partial charge in [-0.1, -0.05) is 12.1 Å². The molecule has 0 unspecified atom stereocenters. The second-order valence-electron chi connectivity index (χ2n) is 4.89. The van der Waals surface area contributed by atoms with E-state index in [-0.39, 0.29) is 28.8 Å². The number of hydrogen-bond donors (Lipinski definition) is 2. The third-order valence-corrected chi connectivity index (χ3v) is 5.88. The van der Waals surface area contributed by atoms with E-state index in [0.717, 1.165) is 6.07 Å². The molecule has 0 amide bonds. The summed E-state index contributed by atoms with van der Waals surface area (Å²) in [5.41, 5.74) is 0. The molecule has 0 bridgehead atoms. The lowest BCUT2D eigenvalue weighted by Gasteiger charge is -2.10. The van der Waals surface area contributed by atoms with Crippen molar-refractivity contribution in [2.75, 3.05) is 24.5 Å². The Morgan fingerprint density at radius 1 is 1.00 bits per heavy atom. The van der Waals surface area contributed by atoms with Gasteiger partial charge in [-0.3, -0.25) is 4.72 Å². The average molecular weight is 385 g/mol. The number of nitrogens with zero attached hydrogens (tertiary/aromatic N) is 1. The van der Waals surface area contributed by atoms with E-state index < -0.39 is 20.0 Å². The quantitative estimate of drug-likeness (QED) is 0.627. The molecule has 1 aromatic carbocycles. The van der Waals surface area contributed by atoms with Crippen LogP contribution in [-0.4, -0.2) is 41.6 Å². The van der Waals surface area contributed by atoms with Gasteiger partial charge in [-0.2, -0.15) is 0 Å². The second kappa shape index (κ2) is 8.39. The Bertz CT molecular complexity index is 900. The van der Waals surface area contributed by atoms with Crippen LogP contribution in [0.5, 0.6) is 0 Å². The number of sulfonamides is 2. The van der Waals surface area contributed by atoms with E-state index in [1.54, 1.807) is 19.1 Å². The average Bonchev–Trinajstić information content (AvgIpc) is 2.59. The van der Waals surface area contributed by atoms with Gasteiger partial charge >= 0.3 is 0 Å². The smallest absolute Gasteiger partial charge is 0.263 e. The number of benzene rings is 1. The van der Waals surface area contributed by atoms with Gasteiger partial charge in [0, 0.05) is 19.3 Å². The summed E-state index contributed by atoms with van der Waals surface area (Å²) in [5, 5.41) is 0.